The summed E-state index contributed by atoms with van der Waals surface area (Å²) in [6.07, 6.45) is 12.0. The number of hydrogen-bond acceptors (Lipinski definition) is 2. The van der Waals surface area contributed by atoms with Crippen LogP contribution < -0.4 is 10.9 Å². The van der Waals surface area contributed by atoms with Gasteiger partial charge in [0.2, 0.25) is 6.71 Å². The van der Waals surface area contributed by atoms with Crippen LogP contribution in [0.1, 0.15) is 39.0 Å². The Kier molecular flexibility index (Phi) is 10.3. The van der Waals surface area contributed by atoms with Crippen LogP contribution in [0.5, 0.6) is 0 Å². The molecule has 2 aromatic carbocycles. The summed E-state index contributed by atoms with van der Waals surface area (Å²) < 4.78 is 2.03. The van der Waals surface area contributed by atoms with Gasteiger partial charge >= 0.3 is 0 Å². The van der Waals surface area contributed by atoms with Gasteiger partial charge in [-0.3, -0.25) is 0 Å². The third-order valence-corrected chi connectivity index (χ3v) is 4.76. The van der Waals surface area contributed by atoms with Crippen LogP contribution in [0.25, 0.3) is 0 Å². The van der Waals surface area contributed by atoms with Crippen LogP contribution in [0.15, 0.2) is 79.4 Å². The molecule has 0 amide bonds. The van der Waals surface area contributed by atoms with E-state index < -0.39 is 0 Å². The van der Waals surface area contributed by atoms with Gasteiger partial charge in [-0.05, 0) is 12.8 Å². The molecule has 3 aromatic rings. The lowest BCUT2D eigenvalue weighted by molar-refractivity contribution is 0.616. The third kappa shape index (κ3) is 7.84. The fourth-order valence-electron chi connectivity index (χ4n) is 3.22. The summed E-state index contributed by atoms with van der Waals surface area (Å²) in [5.74, 6) is 0. The van der Waals surface area contributed by atoms with Crippen molar-refractivity contribution in [2.75, 3.05) is 0 Å². The minimum absolute atomic E-state index is 0.553. The van der Waals surface area contributed by atoms with E-state index in [1.165, 1.54) is 30.1 Å². The Morgan fingerprint density at radius 2 is 1.57 bits per heavy atom. The van der Waals surface area contributed by atoms with Crippen LogP contribution in [0, 0.1) is 11.3 Å². The smallest absolute Gasteiger partial charge is 0.209 e. The molecule has 0 atom stereocenters. The average molecular weight is 371 g/mol. The van der Waals surface area contributed by atoms with E-state index in [0.717, 1.165) is 19.4 Å². The molecule has 0 saturated carbocycles. The highest BCUT2D eigenvalue weighted by atomic mass is 15.0. The van der Waals surface area contributed by atoms with Crippen LogP contribution >= 0.6 is 0 Å². The lowest BCUT2D eigenvalue weighted by atomic mass is 9.38. The third-order valence-electron chi connectivity index (χ3n) is 4.76. The standard InChI is InChI=1S/C16H19B.C8H11N3/c1-2-3-14-17(15-10-6-4-7-11-15)16-12-8-5-9-13-16;9-4-2-1-3-6-11-7-5-10-8-11/h4-13H,2-3,14H2,1H3;5,7-8H,1-3,6H2. The molecule has 144 valence electrons. The quantitative estimate of drug-likeness (QED) is 0.405. The SMILES string of the molecule is CCCCB(c1ccccc1)c1ccccc1.N#CCCCCn1ccnc1. The Morgan fingerprint density at radius 3 is 2.07 bits per heavy atom. The van der Waals surface area contributed by atoms with Crippen LogP contribution in [0.2, 0.25) is 6.32 Å². The van der Waals surface area contributed by atoms with Gasteiger partial charge in [0.25, 0.3) is 0 Å². The normalized spacial score (nSPS) is 9.86. The lowest BCUT2D eigenvalue weighted by Gasteiger charge is -2.14. The summed E-state index contributed by atoms with van der Waals surface area (Å²) in [4.78, 5) is 3.92. The largest absolute Gasteiger partial charge is 0.337 e. The number of benzene rings is 2. The molecule has 28 heavy (non-hydrogen) atoms. The molecule has 1 aromatic heterocycles. The first-order valence-electron chi connectivity index (χ1n) is 10.3. The van der Waals surface area contributed by atoms with Gasteiger partial charge in [-0.15, -0.1) is 0 Å². The van der Waals surface area contributed by atoms with E-state index in [9.17, 15) is 0 Å². The minimum Gasteiger partial charge on any atom is -0.337 e. The zero-order chi connectivity index (χ0) is 19.9. The van der Waals surface area contributed by atoms with Gasteiger partial charge in [0.1, 0.15) is 0 Å². The predicted molar refractivity (Wildman–Crippen MR) is 119 cm³/mol. The number of nitriles is 1. The second-order valence-corrected chi connectivity index (χ2v) is 6.93. The van der Waals surface area contributed by atoms with Gasteiger partial charge < -0.3 is 4.57 Å². The molecular weight excluding hydrogens is 341 g/mol. The second-order valence-electron chi connectivity index (χ2n) is 6.93. The molecule has 0 spiro atoms. The van der Waals surface area contributed by atoms with Crippen molar-refractivity contribution in [2.24, 2.45) is 0 Å². The number of hydrogen-bond donors (Lipinski definition) is 0. The fourth-order valence-corrected chi connectivity index (χ4v) is 3.22. The molecule has 0 aliphatic carbocycles. The van der Waals surface area contributed by atoms with Gasteiger partial charge in [-0.1, -0.05) is 97.7 Å². The summed E-state index contributed by atoms with van der Waals surface area (Å²) in [5.41, 5.74) is 2.87. The van der Waals surface area contributed by atoms with Crippen LogP contribution in [-0.4, -0.2) is 16.3 Å². The van der Waals surface area contributed by atoms with E-state index >= 15 is 0 Å². The molecule has 0 saturated heterocycles. The van der Waals surface area contributed by atoms with E-state index in [1.807, 2.05) is 10.8 Å². The summed E-state index contributed by atoms with van der Waals surface area (Å²) in [6, 6.07) is 23.8. The van der Waals surface area contributed by atoms with Crippen molar-refractivity contribution in [3.8, 4) is 6.07 Å². The van der Waals surface area contributed by atoms with Crippen LogP contribution in [0.3, 0.4) is 0 Å². The maximum Gasteiger partial charge on any atom is 0.209 e. The van der Waals surface area contributed by atoms with Crippen molar-refractivity contribution in [2.45, 2.75) is 51.9 Å². The van der Waals surface area contributed by atoms with E-state index in [2.05, 4.69) is 78.6 Å². The highest BCUT2D eigenvalue weighted by molar-refractivity contribution is 6.85. The van der Waals surface area contributed by atoms with Crippen molar-refractivity contribution in [1.29, 1.82) is 5.26 Å². The topological polar surface area (TPSA) is 41.6 Å². The van der Waals surface area contributed by atoms with Gasteiger partial charge in [0.05, 0.1) is 12.4 Å². The van der Waals surface area contributed by atoms with Gasteiger partial charge in [-0.25, -0.2) is 4.98 Å². The molecule has 3 nitrogen and oxygen atoms in total. The van der Waals surface area contributed by atoms with Gasteiger partial charge in [0.15, 0.2) is 0 Å². The van der Waals surface area contributed by atoms with E-state index in [4.69, 9.17) is 5.26 Å². The molecule has 0 unspecified atom stereocenters. The fraction of sp³-hybridized carbons (Fsp3) is 0.333. The Bertz CT molecular complexity index is 740. The highest BCUT2D eigenvalue weighted by Gasteiger charge is 2.17. The average Bonchev–Trinajstić information content (AvgIpc) is 3.27. The van der Waals surface area contributed by atoms with E-state index in [-0.39, 0.29) is 0 Å². The molecular formula is C24H30BN3. The molecule has 0 radical (unpaired) electrons. The molecule has 0 fully saturated rings. The number of aryl methyl sites for hydroxylation is 1. The maximum absolute atomic E-state index is 8.25. The lowest BCUT2D eigenvalue weighted by Crippen LogP contribution is -2.41. The van der Waals surface area contributed by atoms with Gasteiger partial charge in [-0.2, -0.15) is 5.26 Å². The summed E-state index contributed by atoms with van der Waals surface area (Å²) in [5, 5.41) is 8.25. The number of aromatic nitrogens is 2. The molecule has 0 aliphatic heterocycles. The molecule has 0 bridgehead atoms. The van der Waals surface area contributed by atoms with Crippen molar-refractivity contribution >= 4 is 17.6 Å². The summed E-state index contributed by atoms with van der Waals surface area (Å²) in [6.45, 7) is 3.78. The Hall–Kier alpha value is -2.80. The van der Waals surface area contributed by atoms with Crippen molar-refractivity contribution in [1.82, 2.24) is 9.55 Å². The number of imidazole rings is 1. The van der Waals surface area contributed by atoms with Crippen molar-refractivity contribution in [3.05, 3.63) is 79.4 Å². The summed E-state index contributed by atoms with van der Waals surface area (Å²) in [7, 11) is 0. The molecule has 3 rings (SSSR count). The number of rotatable bonds is 9. The zero-order valence-electron chi connectivity index (χ0n) is 16.9. The first-order chi connectivity index (χ1) is 13.8. The first-order valence-corrected chi connectivity index (χ1v) is 10.3. The van der Waals surface area contributed by atoms with Crippen LogP contribution in [0.4, 0.5) is 0 Å². The monoisotopic (exact) mass is 371 g/mol. The minimum atomic E-state index is 0.553. The predicted octanol–water partition coefficient (Wildman–Crippen LogP) is 4.67. The zero-order valence-corrected chi connectivity index (χ0v) is 16.9. The second kappa shape index (κ2) is 13.4. The first kappa shape index (κ1) is 21.5. The highest BCUT2D eigenvalue weighted by Crippen LogP contribution is 2.03. The molecule has 0 N–H and O–H groups in total. The Morgan fingerprint density at radius 1 is 0.929 bits per heavy atom. The number of unbranched alkanes of at least 4 members (excludes halogenated alkanes) is 3. The van der Waals surface area contributed by atoms with E-state index in [0.29, 0.717) is 13.1 Å². The molecule has 0 aliphatic rings. The maximum atomic E-state index is 8.25. The number of nitrogens with zero attached hydrogens (tertiary/aromatic N) is 3. The molecule has 1 heterocycles. The molecule has 4 heteroatoms. The van der Waals surface area contributed by atoms with Crippen molar-refractivity contribution in [3.63, 3.8) is 0 Å². The Balaban J connectivity index is 0.000000221. The van der Waals surface area contributed by atoms with Gasteiger partial charge in [0, 0.05) is 25.4 Å². The Labute approximate surface area is 170 Å². The van der Waals surface area contributed by atoms with Crippen molar-refractivity contribution < 1.29 is 0 Å². The van der Waals surface area contributed by atoms with Crippen LogP contribution in [-0.2, 0) is 6.54 Å². The van der Waals surface area contributed by atoms with E-state index in [1.54, 1.807) is 12.5 Å². The summed E-state index contributed by atoms with van der Waals surface area (Å²) >= 11 is 0.